The van der Waals surface area contributed by atoms with Gasteiger partial charge < -0.3 is 11.5 Å². The third-order valence-electron chi connectivity index (χ3n) is 0. The van der Waals surface area contributed by atoms with E-state index in [1.165, 1.54) is 0 Å². The second-order valence-electron chi connectivity index (χ2n) is 0.575. The van der Waals surface area contributed by atoms with E-state index in [2.05, 4.69) is 6.58 Å². The minimum Gasteiger partial charge on any atom is -0.386 e. The molecule has 0 bridgehead atoms. The third kappa shape index (κ3) is 0.356. The molecule has 0 aliphatic heterocycles. The molecule has 0 heterocycles. The Balaban J connectivity index is 2.80. The van der Waals surface area contributed by atoms with Crippen LogP contribution in [0.3, 0.4) is 0 Å². The maximum Gasteiger partial charge on any atom is 0.0859 e. The molecule has 0 aliphatic carbocycles. The van der Waals surface area contributed by atoms with Gasteiger partial charge in [-0.3, -0.25) is 0 Å². The van der Waals surface area contributed by atoms with Crippen molar-refractivity contribution < 1.29 is 0 Å². The van der Waals surface area contributed by atoms with Crippen molar-refractivity contribution >= 4 is 0 Å². The van der Waals surface area contributed by atoms with E-state index in [-0.39, 0.29) is 5.82 Å². The van der Waals surface area contributed by atoms with Gasteiger partial charge in [-0.15, -0.1) is 0 Å². The Morgan fingerprint density at radius 2 is 1.50 bits per heavy atom. The summed E-state index contributed by atoms with van der Waals surface area (Å²) in [7, 11) is 0. The van der Waals surface area contributed by atoms with Gasteiger partial charge >= 0.3 is 0 Å². The zero-order chi connectivity index (χ0) is 3.58. The average Bonchev–Trinajstić information content (AvgIpc) is 0.811. The van der Waals surface area contributed by atoms with Gasteiger partial charge in [0.05, 0.1) is 5.82 Å². The first-order chi connectivity index (χ1) is 1.73. The Hall–Kier alpha value is -0.660. The number of hydrogen-bond acceptors (Lipinski definition) is 2. The highest BCUT2D eigenvalue weighted by Gasteiger charge is 1.48. The van der Waals surface area contributed by atoms with Crippen LogP contribution in [0.25, 0.3) is 0 Å². The van der Waals surface area contributed by atoms with E-state index in [4.69, 9.17) is 11.5 Å². The van der Waals surface area contributed by atoms with Crippen molar-refractivity contribution in [2.45, 2.75) is 0 Å². The predicted octanol–water partition coefficient (Wildman–Crippen LogP) is -0.625. The van der Waals surface area contributed by atoms with Crippen LogP contribution in [0.15, 0.2) is 12.4 Å². The van der Waals surface area contributed by atoms with Gasteiger partial charge in [0, 0.05) is 0 Å². The molecule has 0 unspecified atom stereocenters. The first kappa shape index (κ1) is 3.34. The smallest absolute Gasteiger partial charge is 0.0859 e. The monoisotopic (exact) mass is 58.1 g/mol. The highest BCUT2D eigenvalue weighted by atomic mass is 14.8. The first-order valence-electron chi connectivity index (χ1n) is 0.931. The Labute approximate surface area is 25.1 Å². The van der Waals surface area contributed by atoms with Gasteiger partial charge in [0.1, 0.15) is 0 Å². The Bertz CT molecular complexity index is 27.0. The Morgan fingerprint density at radius 1 is 1.50 bits per heavy atom. The van der Waals surface area contributed by atoms with Gasteiger partial charge in [-0.05, 0) is 0 Å². The van der Waals surface area contributed by atoms with E-state index in [0.717, 1.165) is 0 Å². The molecule has 0 fully saturated rings. The summed E-state index contributed by atoms with van der Waals surface area (Å²) in [6, 6.07) is 0. The topological polar surface area (TPSA) is 52.0 Å². The molecular weight excluding hydrogens is 52.0 g/mol. The van der Waals surface area contributed by atoms with Gasteiger partial charge in [0.15, 0.2) is 0 Å². The van der Waals surface area contributed by atoms with Crippen molar-refractivity contribution in [1.82, 2.24) is 0 Å². The summed E-state index contributed by atoms with van der Waals surface area (Å²) >= 11 is 0. The van der Waals surface area contributed by atoms with Crippen LogP contribution >= 0.6 is 0 Å². The Morgan fingerprint density at radius 3 is 1.50 bits per heavy atom. The minimum atomic E-state index is 0.167. The van der Waals surface area contributed by atoms with E-state index in [9.17, 15) is 0 Å². The highest BCUT2D eigenvalue weighted by Crippen LogP contribution is 1.39. The maximum atomic E-state index is 4.69. The summed E-state index contributed by atoms with van der Waals surface area (Å²) in [5.74, 6) is 0.167. The molecule has 0 spiro atoms. The van der Waals surface area contributed by atoms with Crippen LogP contribution in [-0.4, -0.2) is 0 Å². The predicted molar refractivity (Wildman–Crippen MR) is 17.5 cm³/mol. The van der Waals surface area contributed by atoms with Crippen LogP contribution in [-0.2, 0) is 0 Å². The molecule has 2 nitrogen and oxygen atoms in total. The fourth-order valence-electron chi connectivity index (χ4n) is 0. The lowest BCUT2D eigenvalue weighted by molar-refractivity contribution is 1.27. The van der Waals surface area contributed by atoms with Crippen LogP contribution in [0, 0.1) is 0 Å². The number of rotatable bonds is 0. The molecular formula is C2H6N2. The minimum absolute atomic E-state index is 0.167. The summed E-state index contributed by atoms with van der Waals surface area (Å²) in [5.41, 5.74) is 9.39. The van der Waals surface area contributed by atoms with Crippen molar-refractivity contribution in [2.24, 2.45) is 11.5 Å². The molecule has 0 aromatic rings. The van der Waals surface area contributed by atoms with E-state index >= 15 is 0 Å². The SMILES string of the molecule is C=C(N)N. The fourth-order valence-corrected chi connectivity index (χ4v) is 0. The summed E-state index contributed by atoms with van der Waals surface area (Å²) in [6.45, 7) is 3.11. The van der Waals surface area contributed by atoms with Crippen LogP contribution in [0.1, 0.15) is 0 Å². The van der Waals surface area contributed by atoms with Crippen molar-refractivity contribution in [3.05, 3.63) is 12.4 Å². The molecule has 0 rings (SSSR count). The quantitative estimate of drug-likeness (QED) is 0.390. The molecule has 0 aromatic carbocycles. The van der Waals surface area contributed by atoms with Crippen LogP contribution in [0.4, 0.5) is 0 Å². The molecule has 0 aromatic heterocycles. The molecule has 0 saturated heterocycles. The summed E-state index contributed by atoms with van der Waals surface area (Å²) in [4.78, 5) is 0. The molecule has 0 saturated carbocycles. The molecule has 24 valence electrons. The van der Waals surface area contributed by atoms with E-state index in [0.29, 0.717) is 0 Å². The third-order valence-corrected chi connectivity index (χ3v) is 0. The van der Waals surface area contributed by atoms with Gasteiger partial charge in [0.2, 0.25) is 0 Å². The highest BCUT2D eigenvalue weighted by molar-refractivity contribution is 4.73. The lowest BCUT2D eigenvalue weighted by atomic mass is 10.9. The molecule has 0 radical (unpaired) electrons. The van der Waals surface area contributed by atoms with Crippen LogP contribution in [0.5, 0.6) is 0 Å². The van der Waals surface area contributed by atoms with Crippen molar-refractivity contribution in [3.63, 3.8) is 0 Å². The molecule has 0 amide bonds. The maximum absolute atomic E-state index is 4.69. The van der Waals surface area contributed by atoms with E-state index < -0.39 is 0 Å². The number of nitrogens with two attached hydrogens (primary N) is 2. The zero-order valence-corrected chi connectivity index (χ0v) is 2.36. The summed E-state index contributed by atoms with van der Waals surface area (Å²) in [6.07, 6.45) is 0. The second kappa shape index (κ2) is 0.767. The summed E-state index contributed by atoms with van der Waals surface area (Å²) < 4.78 is 0. The molecule has 2 heteroatoms. The Kier molecular flexibility index (Phi) is 0.641. The van der Waals surface area contributed by atoms with Crippen molar-refractivity contribution in [2.75, 3.05) is 0 Å². The second-order valence-corrected chi connectivity index (χ2v) is 0.575. The van der Waals surface area contributed by atoms with Crippen LogP contribution < -0.4 is 11.5 Å². The lowest BCUT2D eigenvalue weighted by Crippen LogP contribution is -2.04. The van der Waals surface area contributed by atoms with Crippen molar-refractivity contribution in [1.29, 1.82) is 0 Å². The van der Waals surface area contributed by atoms with Crippen molar-refractivity contribution in [3.8, 4) is 0 Å². The van der Waals surface area contributed by atoms with Gasteiger partial charge in [-0.25, -0.2) is 0 Å². The van der Waals surface area contributed by atoms with E-state index in [1.54, 1.807) is 0 Å². The normalized spacial score (nSPS) is 6.00. The fraction of sp³-hybridized carbons (Fsp3) is 0. The molecule has 0 atom stereocenters. The standard InChI is InChI=1S/C2H6N2/c1-2(3)4/h1,3-4H2. The van der Waals surface area contributed by atoms with Gasteiger partial charge in [-0.1, -0.05) is 6.58 Å². The van der Waals surface area contributed by atoms with E-state index in [1.807, 2.05) is 0 Å². The van der Waals surface area contributed by atoms with Gasteiger partial charge in [0.25, 0.3) is 0 Å². The van der Waals surface area contributed by atoms with Crippen LogP contribution in [0.2, 0.25) is 0 Å². The summed E-state index contributed by atoms with van der Waals surface area (Å²) in [5, 5.41) is 0. The number of hydrogen-bond donors (Lipinski definition) is 2. The molecule has 0 aliphatic rings. The van der Waals surface area contributed by atoms with Gasteiger partial charge in [-0.2, -0.15) is 0 Å². The molecule has 4 N–H and O–H groups in total. The largest absolute Gasteiger partial charge is 0.386 e. The first-order valence-corrected chi connectivity index (χ1v) is 0.931. The molecule has 4 heavy (non-hydrogen) atoms. The average molecular weight is 58.1 g/mol. The lowest BCUT2D eigenvalue weighted by Gasteiger charge is -1.72. The zero-order valence-electron chi connectivity index (χ0n) is 2.36.